The van der Waals surface area contributed by atoms with Crippen molar-refractivity contribution in [1.29, 1.82) is 0 Å². The summed E-state index contributed by atoms with van der Waals surface area (Å²) in [5.74, 6) is 0.753. The molecular formula is C17H20N4O. The van der Waals surface area contributed by atoms with Crippen molar-refractivity contribution in [2.75, 3.05) is 25.0 Å². The van der Waals surface area contributed by atoms with Crippen molar-refractivity contribution in [3.8, 4) is 11.1 Å². The van der Waals surface area contributed by atoms with Crippen LogP contribution >= 0.6 is 0 Å². The van der Waals surface area contributed by atoms with Crippen molar-refractivity contribution in [3.63, 3.8) is 0 Å². The van der Waals surface area contributed by atoms with Crippen molar-refractivity contribution in [2.24, 2.45) is 5.73 Å². The number of anilines is 1. The number of aliphatic hydroxyl groups is 1. The second-order valence-corrected chi connectivity index (χ2v) is 5.18. The zero-order valence-corrected chi connectivity index (χ0v) is 12.3. The lowest BCUT2D eigenvalue weighted by molar-refractivity contribution is 0.311. The number of nitrogens with two attached hydrogens (primary N) is 1. The summed E-state index contributed by atoms with van der Waals surface area (Å²) in [6.07, 6.45) is 2.76. The van der Waals surface area contributed by atoms with Crippen LogP contribution in [0.2, 0.25) is 0 Å². The topological polar surface area (TPSA) is 87.0 Å². The van der Waals surface area contributed by atoms with Gasteiger partial charge in [0.05, 0.1) is 6.61 Å². The van der Waals surface area contributed by atoms with Gasteiger partial charge < -0.3 is 21.1 Å². The Balaban J connectivity index is 2.08. The van der Waals surface area contributed by atoms with Gasteiger partial charge in [0, 0.05) is 18.1 Å². The Bertz CT molecular complexity index is 766. The van der Waals surface area contributed by atoms with Crippen LogP contribution in [0.5, 0.6) is 0 Å². The lowest BCUT2D eigenvalue weighted by Gasteiger charge is -2.10. The first kappa shape index (κ1) is 14.6. The van der Waals surface area contributed by atoms with Gasteiger partial charge in [0.1, 0.15) is 11.5 Å². The third-order valence-electron chi connectivity index (χ3n) is 3.62. The van der Waals surface area contributed by atoms with Gasteiger partial charge in [-0.05, 0) is 41.8 Å². The lowest BCUT2D eigenvalue weighted by atomic mass is 10.00. The van der Waals surface area contributed by atoms with Gasteiger partial charge >= 0.3 is 0 Å². The quantitative estimate of drug-likeness (QED) is 0.561. The van der Waals surface area contributed by atoms with Crippen molar-refractivity contribution < 1.29 is 5.11 Å². The number of hydrogen-bond acceptors (Lipinski definition) is 4. The van der Waals surface area contributed by atoms with Gasteiger partial charge in [-0.2, -0.15) is 0 Å². The fourth-order valence-electron chi connectivity index (χ4n) is 2.61. The van der Waals surface area contributed by atoms with Crippen molar-refractivity contribution in [3.05, 3.63) is 48.2 Å². The maximum Gasteiger partial charge on any atom is 0.140 e. The molecule has 0 aliphatic rings. The Hall–Kier alpha value is -2.37. The number of nitrogens with zero attached hydrogens (tertiary/aromatic N) is 1. The second kappa shape index (κ2) is 6.60. The molecule has 0 spiro atoms. The van der Waals surface area contributed by atoms with Crippen molar-refractivity contribution in [2.45, 2.75) is 6.42 Å². The van der Waals surface area contributed by atoms with Crippen LogP contribution in [-0.4, -0.2) is 34.8 Å². The molecule has 114 valence electrons. The molecule has 0 unspecified atom stereocenters. The highest BCUT2D eigenvalue weighted by molar-refractivity contribution is 5.94. The molecule has 0 amide bonds. The van der Waals surface area contributed by atoms with Crippen LogP contribution in [0.1, 0.15) is 5.56 Å². The van der Waals surface area contributed by atoms with Crippen LogP contribution in [0, 0.1) is 0 Å². The summed E-state index contributed by atoms with van der Waals surface area (Å²) < 4.78 is 0. The van der Waals surface area contributed by atoms with E-state index in [1.54, 1.807) is 0 Å². The molecule has 2 heterocycles. The number of fused-ring (bicyclic) bond motifs is 1. The molecule has 0 bridgehead atoms. The summed E-state index contributed by atoms with van der Waals surface area (Å²) >= 11 is 0. The molecule has 5 N–H and O–H groups in total. The third kappa shape index (κ3) is 2.95. The summed E-state index contributed by atoms with van der Waals surface area (Å²) in [6, 6.07) is 12.5. The zero-order valence-electron chi connectivity index (χ0n) is 12.3. The first-order valence-corrected chi connectivity index (χ1v) is 7.44. The molecule has 5 nitrogen and oxygen atoms in total. The van der Waals surface area contributed by atoms with Crippen LogP contribution < -0.4 is 11.1 Å². The first-order chi connectivity index (χ1) is 10.8. The highest BCUT2D eigenvalue weighted by Crippen LogP contribution is 2.30. The predicted molar refractivity (Wildman–Crippen MR) is 89.9 cm³/mol. The van der Waals surface area contributed by atoms with Crippen LogP contribution in [0.4, 0.5) is 5.82 Å². The molecule has 3 rings (SSSR count). The van der Waals surface area contributed by atoms with E-state index in [0.29, 0.717) is 13.1 Å². The SMILES string of the molecule is NCCc1cccc(-c2cc(NCCO)nc3[nH]ccc23)c1. The molecule has 1 aromatic carbocycles. The van der Waals surface area contributed by atoms with Gasteiger partial charge in [0.15, 0.2) is 0 Å². The van der Waals surface area contributed by atoms with Gasteiger partial charge in [0.2, 0.25) is 0 Å². The standard InChI is InChI=1S/C17H20N4O/c18-6-4-12-2-1-3-13(10-12)15-11-16(19-8-9-22)21-17-14(15)5-7-20-17/h1-3,5,7,10-11,22H,4,6,8-9,18H2,(H2,19,20,21). The van der Waals surface area contributed by atoms with Crippen LogP contribution in [-0.2, 0) is 6.42 Å². The number of aromatic nitrogens is 2. The molecule has 3 aromatic rings. The highest BCUT2D eigenvalue weighted by Gasteiger charge is 2.09. The van der Waals surface area contributed by atoms with Gasteiger partial charge in [-0.25, -0.2) is 4.98 Å². The summed E-state index contributed by atoms with van der Waals surface area (Å²) in [6.45, 7) is 1.19. The third-order valence-corrected chi connectivity index (χ3v) is 3.62. The summed E-state index contributed by atoms with van der Waals surface area (Å²) in [7, 11) is 0. The summed E-state index contributed by atoms with van der Waals surface area (Å²) in [4.78, 5) is 7.67. The molecule has 0 radical (unpaired) electrons. The number of rotatable bonds is 6. The largest absolute Gasteiger partial charge is 0.395 e. The normalized spacial score (nSPS) is 11.0. The van der Waals surface area contributed by atoms with Crippen molar-refractivity contribution in [1.82, 2.24) is 9.97 Å². The van der Waals surface area contributed by atoms with Crippen LogP contribution in [0.15, 0.2) is 42.6 Å². The molecule has 0 aliphatic heterocycles. The molecule has 0 atom stereocenters. The van der Waals surface area contributed by atoms with E-state index in [1.807, 2.05) is 18.3 Å². The Morgan fingerprint density at radius 1 is 1.23 bits per heavy atom. The molecule has 0 aliphatic carbocycles. The second-order valence-electron chi connectivity index (χ2n) is 5.18. The lowest BCUT2D eigenvalue weighted by Crippen LogP contribution is -2.07. The Labute approximate surface area is 129 Å². The molecular weight excluding hydrogens is 276 g/mol. The fourth-order valence-corrected chi connectivity index (χ4v) is 2.61. The molecule has 0 saturated heterocycles. The van der Waals surface area contributed by atoms with Crippen LogP contribution in [0.3, 0.4) is 0 Å². The van der Waals surface area contributed by atoms with Gasteiger partial charge in [-0.1, -0.05) is 24.3 Å². The number of pyridine rings is 1. The van der Waals surface area contributed by atoms with Crippen molar-refractivity contribution >= 4 is 16.9 Å². The maximum atomic E-state index is 8.97. The van der Waals surface area contributed by atoms with E-state index < -0.39 is 0 Å². The number of aliphatic hydroxyl groups excluding tert-OH is 1. The highest BCUT2D eigenvalue weighted by atomic mass is 16.3. The Kier molecular flexibility index (Phi) is 4.37. The Morgan fingerprint density at radius 2 is 2.14 bits per heavy atom. The Morgan fingerprint density at radius 3 is 2.95 bits per heavy atom. The number of aromatic amines is 1. The molecule has 2 aromatic heterocycles. The van der Waals surface area contributed by atoms with E-state index in [1.165, 1.54) is 5.56 Å². The number of hydrogen-bond donors (Lipinski definition) is 4. The van der Waals surface area contributed by atoms with E-state index in [-0.39, 0.29) is 6.61 Å². The van der Waals surface area contributed by atoms with E-state index in [2.05, 4.69) is 39.6 Å². The van der Waals surface area contributed by atoms with Gasteiger partial charge in [-0.15, -0.1) is 0 Å². The number of H-pyrrole nitrogens is 1. The minimum Gasteiger partial charge on any atom is -0.395 e. The van der Waals surface area contributed by atoms with E-state index in [0.717, 1.165) is 34.4 Å². The molecule has 0 fully saturated rings. The fraction of sp³-hybridized carbons (Fsp3) is 0.235. The van der Waals surface area contributed by atoms with Crippen LogP contribution in [0.25, 0.3) is 22.2 Å². The predicted octanol–water partition coefficient (Wildman–Crippen LogP) is 2.14. The average molecular weight is 296 g/mol. The first-order valence-electron chi connectivity index (χ1n) is 7.44. The minimum atomic E-state index is 0.0752. The van der Waals surface area contributed by atoms with Gasteiger partial charge in [0.25, 0.3) is 0 Å². The molecule has 5 heteroatoms. The molecule has 22 heavy (non-hydrogen) atoms. The minimum absolute atomic E-state index is 0.0752. The van der Waals surface area contributed by atoms with E-state index in [9.17, 15) is 0 Å². The molecule has 0 saturated carbocycles. The number of benzene rings is 1. The van der Waals surface area contributed by atoms with E-state index in [4.69, 9.17) is 10.8 Å². The monoisotopic (exact) mass is 296 g/mol. The summed E-state index contributed by atoms with van der Waals surface area (Å²) in [5, 5.41) is 13.2. The van der Waals surface area contributed by atoms with Gasteiger partial charge in [-0.3, -0.25) is 0 Å². The van der Waals surface area contributed by atoms with E-state index >= 15 is 0 Å². The summed E-state index contributed by atoms with van der Waals surface area (Å²) in [5.41, 5.74) is 9.98. The zero-order chi connectivity index (χ0) is 15.4. The average Bonchev–Trinajstić information content (AvgIpc) is 3.01. The maximum absolute atomic E-state index is 8.97. The number of nitrogens with one attached hydrogen (secondary N) is 2. The smallest absolute Gasteiger partial charge is 0.140 e.